The van der Waals surface area contributed by atoms with Gasteiger partial charge in [0.15, 0.2) is 0 Å². The molecule has 0 spiro atoms. The number of alkyl halides is 3. The summed E-state index contributed by atoms with van der Waals surface area (Å²) in [6, 6.07) is 6.71. The number of hydrogen-bond acceptors (Lipinski definition) is 2. The normalized spacial score (nSPS) is 12.7. The summed E-state index contributed by atoms with van der Waals surface area (Å²) in [5, 5.41) is 11.2. The number of nitrogens with zero attached hydrogens (tertiary/aromatic N) is 1. The van der Waals surface area contributed by atoms with Gasteiger partial charge in [0.05, 0.1) is 11.3 Å². The van der Waals surface area contributed by atoms with E-state index < -0.39 is 23.9 Å². The maximum atomic E-state index is 12.6. The fourth-order valence-electron chi connectivity index (χ4n) is 1.91. The predicted octanol–water partition coefficient (Wildman–Crippen LogP) is 4.22. The highest BCUT2D eigenvalue weighted by molar-refractivity contribution is 9.10. The fraction of sp³-hybridized carbons (Fsp3) is 0.143. The van der Waals surface area contributed by atoms with Crippen molar-refractivity contribution in [3.63, 3.8) is 0 Å². The highest BCUT2D eigenvalue weighted by Crippen LogP contribution is 2.32. The van der Waals surface area contributed by atoms with E-state index in [0.717, 1.165) is 12.1 Å². The molecule has 1 aromatic carbocycles. The number of nitrogens with one attached hydrogen (secondary N) is 1. The van der Waals surface area contributed by atoms with Crippen LogP contribution in [0.5, 0.6) is 0 Å². The van der Waals surface area contributed by atoms with E-state index in [1.54, 1.807) is 12.1 Å². The molecule has 0 aliphatic heterocycles. The molecule has 1 aromatic heterocycles. The Morgan fingerprint density at radius 2 is 1.86 bits per heavy atom. The lowest BCUT2D eigenvalue weighted by Gasteiger charge is -2.18. The van der Waals surface area contributed by atoms with Gasteiger partial charge in [0.25, 0.3) is 0 Å². The number of halogens is 4. The van der Waals surface area contributed by atoms with Crippen LogP contribution in [0, 0.1) is 0 Å². The van der Waals surface area contributed by atoms with E-state index in [9.17, 15) is 18.0 Å². The zero-order valence-corrected chi connectivity index (χ0v) is 12.5. The molecule has 0 saturated heterocycles. The van der Waals surface area contributed by atoms with E-state index in [0.29, 0.717) is 15.7 Å². The van der Waals surface area contributed by atoms with E-state index in [2.05, 4.69) is 26.2 Å². The van der Waals surface area contributed by atoms with Crippen LogP contribution in [0.2, 0.25) is 0 Å². The lowest BCUT2D eigenvalue weighted by Crippen LogP contribution is -2.28. The van der Waals surface area contributed by atoms with E-state index in [1.807, 2.05) is 0 Å². The third-order valence-electron chi connectivity index (χ3n) is 2.90. The summed E-state index contributed by atoms with van der Waals surface area (Å²) >= 11 is 3.25. The van der Waals surface area contributed by atoms with Gasteiger partial charge in [-0.3, -0.25) is 4.98 Å². The zero-order valence-electron chi connectivity index (χ0n) is 10.9. The molecule has 0 bridgehead atoms. The van der Waals surface area contributed by atoms with E-state index >= 15 is 0 Å². The summed E-state index contributed by atoms with van der Waals surface area (Å²) in [7, 11) is 0. The average molecular weight is 375 g/mol. The molecule has 8 heteroatoms. The summed E-state index contributed by atoms with van der Waals surface area (Å²) in [6.45, 7) is 0. The second-order valence-electron chi connectivity index (χ2n) is 4.37. The van der Waals surface area contributed by atoms with Gasteiger partial charge in [0.1, 0.15) is 6.04 Å². The molecule has 22 heavy (non-hydrogen) atoms. The summed E-state index contributed by atoms with van der Waals surface area (Å²) in [4.78, 5) is 15.0. The maximum absolute atomic E-state index is 12.6. The Kier molecular flexibility index (Phi) is 4.70. The number of rotatable bonds is 3. The molecule has 0 saturated carbocycles. The van der Waals surface area contributed by atoms with Crippen molar-refractivity contribution in [3.05, 3.63) is 63.9 Å². The highest BCUT2D eigenvalue weighted by Gasteiger charge is 2.30. The van der Waals surface area contributed by atoms with E-state index in [-0.39, 0.29) is 0 Å². The Morgan fingerprint density at radius 3 is 2.36 bits per heavy atom. The van der Waals surface area contributed by atoms with Crippen LogP contribution in [-0.2, 0) is 6.18 Å². The summed E-state index contributed by atoms with van der Waals surface area (Å²) < 4.78 is 38.3. The molecular formula is C14H10BrF3N2O2. The molecule has 0 aliphatic carbocycles. The number of carboxylic acid groups (broad SMARTS) is 1. The van der Waals surface area contributed by atoms with E-state index in [4.69, 9.17) is 5.11 Å². The van der Waals surface area contributed by atoms with Gasteiger partial charge in [0, 0.05) is 10.7 Å². The number of amides is 1. The van der Waals surface area contributed by atoms with Crippen molar-refractivity contribution in [1.29, 1.82) is 0 Å². The van der Waals surface area contributed by atoms with Gasteiger partial charge < -0.3 is 10.4 Å². The van der Waals surface area contributed by atoms with Crippen LogP contribution in [0.25, 0.3) is 0 Å². The first-order valence-corrected chi connectivity index (χ1v) is 6.85. The lowest BCUT2D eigenvalue weighted by atomic mass is 10.0. The van der Waals surface area contributed by atoms with Gasteiger partial charge in [-0.05, 0) is 45.8 Å². The minimum atomic E-state index is -4.44. The monoisotopic (exact) mass is 374 g/mol. The Balaban J connectivity index is 2.42. The maximum Gasteiger partial charge on any atom is 0.416 e. The summed E-state index contributed by atoms with van der Waals surface area (Å²) in [6.07, 6.45) is -4.27. The second kappa shape index (κ2) is 6.35. The van der Waals surface area contributed by atoms with Crippen LogP contribution in [0.1, 0.15) is 22.9 Å². The average Bonchev–Trinajstić information content (AvgIpc) is 2.45. The topological polar surface area (TPSA) is 62.2 Å². The third kappa shape index (κ3) is 3.76. The minimum Gasteiger partial charge on any atom is -0.465 e. The van der Waals surface area contributed by atoms with Gasteiger partial charge >= 0.3 is 12.3 Å². The van der Waals surface area contributed by atoms with Crippen LogP contribution in [0.3, 0.4) is 0 Å². The first-order chi connectivity index (χ1) is 10.3. The van der Waals surface area contributed by atoms with Crippen LogP contribution < -0.4 is 5.32 Å². The molecule has 2 N–H and O–H groups in total. The molecule has 0 radical (unpaired) electrons. The molecule has 2 aromatic rings. The molecule has 2 rings (SSSR count). The molecule has 4 nitrogen and oxygen atoms in total. The Bertz CT molecular complexity index is 675. The molecular weight excluding hydrogens is 365 g/mol. The summed E-state index contributed by atoms with van der Waals surface area (Å²) in [5.74, 6) is 0. The molecule has 1 amide bonds. The fourth-order valence-corrected chi connectivity index (χ4v) is 2.39. The van der Waals surface area contributed by atoms with Crippen LogP contribution in [0.4, 0.5) is 18.0 Å². The Hall–Kier alpha value is -2.09. The van der Waals surface area contributed by atoms with Gasteiger partial charge in [-0.25, -0.2) is 4.79 Å². The lowest BCUT2D eigenvalue weighted by molar-refractivity contribution is -0.137. The summed E-state index contributed by atoms with van der Waals surface area (Å²) in [5.41, 5.74) is -0.0788. The standard InChI is InChI=1S/C14H10BrF3N2O2/c15-10-2-1-7-19-12(10)11(20-13(21)22)8-3-5-9(6-4-8)14(16,17)18/h1-7,11,20H,(H,21,22). The largest absolute Gasteiger partial charge is 0.465 e. The van der Waals surface area contributed by atoms with Gasteiger partial charge in [-0.1, -0.05) is 12.1 Å². The second-order valence-corrected chi connectivity index (χ2v) is 5.23. The van der Waals surface area contributed by atoms with E-state index in [1.165, 1.54) is 18.3 Å². The number of benzene rings is 1. The molecule has 0 aliphatic rings. The molecule has 116 valence electrons. The minimum absolute atomic E-state index is 0.356. The number of aromatic nitrogens is 1. The van der Waals surface area contributed by atoms with Gasteiger partial charge in [-0.2, -0.15) is 13.2 Å². The van der Waals surface area contributed by atoms with Crippen molar-refractivity contribution in [2.45, 2.75) is 12.2 Å². The van der Waals surface area contributed by atoms with Crippen molar-refractivity contribution in [2.24, 2.45) is 0 Å². The van der Waals surface area contributed by atoms with Crippen molar-refractivity contribution in [2.75, 3.05) is 0 Å². The van der Waals surface area contributed by atoms with Crippen molar-refractivity contribution in [3.8, 4) is 0 Å². The SMILES string of the molecule is O=C(O)NC(c1ccc(C(F)(F)F)cc1)c1ncccc1Br. The Labute approximate surface area is 132 Å². The third-order valence-corrected chi connectivity index (χ3v) is 3.57. The Morgan fingerprint density at radius 1 is 1.23 bits per heavy atom. The zero-order chi connectivity index (χ0) is 16.3. The van der Waals surface area contributed by atoms with Crippen LogP contribution >= 0.6 is 15.9 Å². The van der Waals surface area contributed by atoms with Crippen molar-refractivity contribution < 1.29 is 23.1 Å². The molecule has 1 unspecified atom stereocenters. The smallest absolute Gasteiger partial charge is 0.416 e. The van der Waals surface area contributed by atoms with Crippen LogP contribution in [-0.4, -0.2) is 16.2 Å². The van der Waals surface area contributed by atoms with Gasteiger partial charge in [0.2, 0.25) is 0 Å². The van der Waals surface area contributed by atoms with Crippen LogP contribution in [0.15, 0.2) is 47.1 Å². The first kappa shape index (κ1) is 16.3. The molecule has 1 heterocycles. The quantitative estimate of drug-likeness (QED) is 0.845. The molecule has 1 atom stereocenters. The molecule has 0 fully saturated rings. The van der Waals surface area contributed by atoms with Crippen molar-refractivity contribution in [1.82, 2.24) is 10.3 Å². The number of pyridine rings is 1. The highest BCUT2D eigenvalue weighted by atomic mass is 79.9. The number of carbonyl (C=O) groups is 1. The first-order valence-electron chi connectivity index (χ1n) is 6.06. The predicted molar refractivity (Wildman–Crippen MR) is 76.4 cm³/mol. The van der Waals surface area contributed by atoms with Gasteiger partial charge in [-0.15, -0.1) is 0 Å². The number of hydrogen-bond donors (Lipinski definition) is 2. The van der Waals surface area contributed by atoms with Crippen molar-refractivity contribution >= 4 is 22.0 Å².